The molecule has 6 aromatic rings. The monoisotopic (exact) mass is 868 g/mol. The van der Waals surface area contributed by atoms with Gasteiger partial charge in [-0.15, -0.1) is 0 Å². The lowest BCUT2D eigenvalue weighted by molar-refractivity contribution is -0.142. The summed E-state index contributed by atoms with van der Waals surface area (Å²) in [5.74, 6) is -2.49. The highest BCUT2D eigenvalue weighted by atomic mass is 19.2. The minimum Gasteiger partial charge on any atom is -0.486 e. The van der Waals surface area contributed by atoms with E-state index in [2.05, 4.69) is 21.3 Å². The van der Waals surface area contributed by atoms with Crippen LogP contribution in [0.25, 0.3) is 11.1 Å². The summed E-state index contributed by atoms with van der Waals surface area (Å²) < 4.78 is 55.0. The summed E-state index contributed by atoms with van der Waals surface area (Å²) >= 11 is 0. The normalized spacial score (nSPS) is 17.0. The van der Waals surface area contributed by atoms with Crippen LogP contribution in [0.2, 0.25) is 0 Å². The Morgan fingerprint density at radius 3 is 2.41 bits per heavy atom. The number of nitrogens with zero attached hydrogens (tertiary/aromatic N) is 3. The van der Waals surface area contributed by atoms with Crippen molar-refractivity contribution in [2.24, 2.45) is 0 Å². The molecule has 1 aromatic heterocycles. The first-order valence-corrected chi connectivity index (χ1v) is 21.6. The number of anilines is 1. The topological polar surface area (TPSA) is 104 Å². The van der Waals surface area contributed by atoms with Crippen molar-refractivity contribution in [2.75, 3.05) is 18.5 Å². The summed E-state index contributed by atoms with van der Waals surface area (Å²) in [6.45, 7) is 7.18. The lowest BCUT2D eigenvalue weighted by Gasteiger charge is -2.37. The van der Waals surface area contributed by atoms with E-state index >= 15 is 0 Å². The number of ether oxygens (including phenoxy) is 2. The molecular formula is C52H51F3N4O5. The Balaban J connectivity index is 1.01. The van der Waals surface area contributed by atoms with Crippen LogP contribution < -0.4 is 19.7 Å². The van der Waals surface area contributed by atoms with E-state index in [0.717, 1.165) is 56.4 Å². The number of halogens is 3. The molecular weight excluding hydrogens is 818 g/mol. The number of carbonyl (C=O) groups is 2. The first-order chi connectivity index (χ1) is 30.8. The van der Waals surface area contributed by atoms with Gasteiger partial charge in [-0.25, -0.2) is 18.0 Å². The predicted octanol–water partition coefficient (Wildman–Crippen LogP) is 10.0. The summed E-state index contributed by atoms with van der Waals surface area (Å²) in [5, 5.41) is 13.2. The number of amides is 1. The Bertz CT molecular complexity index is 2660. The van der Waals surface area contributed by atoms with E-state index in [0.29, 0.717) is 55.0 Å². The highest BCUT2D eigenvalue weighted by molar-refractivity contribution is 5.88. The molecule has 2 aliphatic heterocycles. The van der Waals surface area contributed by atoms with Crippen LogP contribution in [0.15, 0.2) is 115 Å². The first-order valence-electron chi connectivity index (χ1n) is 21.6. The van der Waals surface area contributed by atoms with E-state index in [1.165, 1.54) is 24.3 Å². The van der Waals surface area contributed by atoms with Crippen LogP contribution >= 0.6 is 0 Å². The van der Waals surface area contributed by atoms with Crippen LogP contribution in [0.5, 0.6) is 11.5 Å². The van der Waals surface area contributed by atoms with Crippen LogP contribution in [0.1, 0.15) is 76.6 Å². The Labute approximate surface area is 371 Å². The van der Waals surface area contributed by atoms with Crippen LogP contribution in [-0.4, -0.2) is 52.5 Å². The molecule has 8 rings (SSSR count). The third kappa shape index (κ3) is 9.77. The molecule has 0 bridgehead atoms. The van der Waals surface area contributed by atoms with E-state index in [1.807, 2.05) is 99.4 Å². The van der Waals surface area contributed by atoms with Crippen molar-refractivity contribution < 1.29 is 37.3 Å². The third-order valence-corrected chi connectivity index (χ3v) is 12.5. The molecule has 0 saturated carbocycles. The molecule has 0 unspecified atom stereocenters. The van der Waals surface area contributed by atoms with E-state index in [4.69, 9.17) is 9.47 Å². The van der Waals surface area contributed by atoms with Gasteiger partial charge >= 0.3 is 5.97 Å². The zero-order chi connectivity index (χ0) is 45.1. The van der Waals surface area contributed by atoms with Gasteiger partial charge in [0.15, 0.2) is 11.6 Å². The van der Waals surface area contributed by atoms with Gasteiger partial charge in [-0.3, -0.25) is 14.7 Å². The number of hydrogen-bond donors (Lipinski definition) is 2. The van der Waals surface area contributed by atoms with E-state index < -0.39 is 41.7 Å². The number of pyridine rings is 1. The maximum absolute atomic E-state index is 14.5. The van der Waals surface area contributed by atoms with E-state index in [-0.39, 0.29) is 24.9 Å². The second-order valence-electron chi connectivity index (χ2n) is 16.8. The summed E-state index contributed by atoms with van der Waals surface area (Å²) in [6, 6.07) is 29.5. The van der Waals surface area contributed by atoms with Crippen molar-refractivity contribution in [3.05, 3.63) is 177 Å². The number of nitrogens with one attached hydrogen (secondary N) is 1. The standard InChI is InChI=1S/C52H51F3N4O5/c1-5-48(37-15-18-43(54)44(55)25-37)63-41-16-13-36(14-17-41)49-20-22-58(4)46-26-38-27-47(59(30-39(38)28-50(46)64-49)29-34-7-6-8-40(53)23-34)51(60)57-45(52(61)62)24-33-9-11-35(12-10-33)42-19-21-56-32(3)31(42)2/h6-19,21,23,25-26,28,45,47-49H,5,20,22,24,27,29-30H2,1-4H3,(H,57,60)(H,61,62)/t45-,47-,48+,49+/m0/s1. The van der Waals surface area contributed by atoms with Gasteiger partial charge in [-0.05, 0) is 131 Å². The summed E-state index contributed by atoms with van der Waals surface area (Å²) in [7, 11) is 2.00. The molecule has 5 aromatic carbocycles. The summed E-state index contributed by atoms with van der Waals surface area (Å²) in [4.78, 5) is 35.5. The average molecular weight is 869 g/mol. The van der Waals surface area contributed by atoms with Gasteiger partial charge in [0.2, 0.25) is 5.91 Å². The number of rotatable bonds is 13. The fraction of sp³-hybridized carbons (Fsp3) is 0.288. The number of aryl methyl sites for hydroxylation is 1. The smallest absolute Gasteiger partial charge is 0.326 e. The lowest BCUT2D eigenvalue weighted by atomic mass is 9.91. The van der Waals surface area contributed by atoms with Crippen molar-refractivity contribution >= 4 is 17.6 Å². The van der Waals surface area contributed by atoms with Crippen LogP contribution in [0.4, 0.5) is 18.9 Å². The molecule has 330 valence electrons. The molecule has 3 heterocycles. The van der Waals surface area contributed by atoms with Crippen LogP contribution in [-0.2, 0) is 35.5 Å². The van der Waals surface area contributed by atoms with Crippen molar-refractivity contribution in [3.63, 3.8) is 0 Å². The highest BCUT2D eigenvalue weighted by Gasteiger charge is 2.36. The number of aliphatic carboxylic acids is 1. The fourth-order valence-corrected chi connectivity index (χ4v) is 8.72. The molecule has 0 saturated heterocycles. The molecule has 12 heteroatoms. The summed E-state index contributed by atoms with van der Waals surface area (Å²) in [5.41, 5.74) is 9.78. The highest BCUT2D eigenvalue weighted by Crippen LogP contribution is 2.41. The van der Waals surface area contributed by atoms with Crippen LogP contribution in [0, 0.1) is 31.3 Å². The van der Waals surface area contributed by atoms with Gasteiger partial charge in [0, 0.05) is 51.4 Å². The maximum Gasteiger partial charge on any atom is 0.326 e. The number of aromatic nitrogens is 1. The molecule has 0 radical (unpaired) electrons. The summed E-state index contributed by atoms with van der Waals surface area (Å²) in [6.07, 6.45) is 2.66. The molecule has 0 aliphatic carbocycles. The number of hydrogen-bond acceptors (Lipinski definition) is 7. The van der Waals surface area contributed by atoms with Gasteiger partial charge in [0.25, 0.3) is 0 Å². The van der Waals surface area contributed by atoms with Crippen LogP contribution in [0.3, 0.4) is 0 Å². The second-order valence-corrected chi connectivity index (χ2v) is 16.8. The minimum absolute atomic E-state index is 0.0892. The minimum atomic E-state index is -1.18. The molecule has 2 N–H and O–H groups in total. The van der Waals surface area contributed by atoms with Gasteiger partial charge in [0.1, 0.15) is 35.6 Å². The number of carboxylic acid groups (broad SMARTS) is 1. The van der Waals surface area contributed by atoms with E-state index in [1.54, 1.807) is 12.3 Å². The Hall–Kier alpha value is -6.66. The van der Waals surface area contributed by atoms with Gasteiger partial charge in [0.05, 0.1) is 11.7 Å². The van der Waals surface area contributed by atoms with Crippen molar-refractivity contribution in [2.45, 2.75) is 83.8 Å². The SMILES string of the molecule is CC[C@@H](Oc1ccc([C@H]2CCN(C)c3cc4c(cc3O2)CN(Cc2cccc(F)c2)[C@H](C(=O)N[C@@H](Cc2ccc(-c3ccnc(C)c3C)cc2)C(=O)O)C4)cc1)c1ccc(F)c(F)c1. The fourth-order valence-electron chi connectivity index (χ4n) is 8.72. The zero-order valence-electron chi connectivity index (χ0n) is 36.3. The zero-order valence-corrected chi connectivity index (χ0v) is 36.3. The van der Waals surface area contributed by atoms with Gasteiger partial charge in [-0.2, -0.15) is 0 Å². The molecule has 0 fully saturated rings. The third-order valence-electron chi connectivity index (χ3n) is 12.5. The predicted molar refractivity (Wildman–Crippen MR) is 240 cm³/mol. The molecule has 4 atom stereocenters. The molecule has 64 heavy (non-hydrogen) atoms. The van der Waals surface area contributed by atoms with Crippen molar-refractivity contribution in [3.8, 4) is 22.6 Å². The number of benzene rings is 5. The second kappa shape index (κ2) is 19.0. The first kappa shape index (κ1) is 44.0. The average Bonchev–Trinajstić information content (AvgIpc) is 3.44. The number of fused-ring (bicyclic) bond motifs is 2. The molecule has 9 nitrogen and oxygen atoms in total. The number of carbonyl (C=O) groups excluding carboxylic acids is 1. The quantitative estimate of drug-likeness (QED) is 0.118. The van der Waals surface area contributed by atoms with Crippen molar-refractivity contribution in [1.82, 2.24) is 15.2 Å². The van der Waals surface area contributed by atoms with E-state index in [9.17, 15) is 27.9 Å². The Kier molecular flexibility index (Phi) is 13.0. The molecule has 0 spiro atoms. The Morgan fingerprint density at radius 1 is 0.906 bits per heavy atom. The Morgan fingerprint density at radius 2 is 1.69 bits per heavy atom. The molecule has 2 aliphatic rings. The lowest BCUT2D eigenvalue weighted by Crippen LogP contribution is -2.54. The maximum atomic E-state index is 14.5. The van der Waals surface area contributed by atoms with Crippen molar-refractivity contribution in [1.29, 1.82) is 0 Å². The van der Waals surface area contributed by atoms with Gasteiger partial charge < -0.3 is 24.8 Å². The van der Waals surface area contributed by atoms with Gasteiger partial charge in [-0.1, -0.05) is 61.5 Å². The number of carboxylic acids is 1. The largest absolute Gasteiger partial charge is 0.486 e. The molecule has 1 amide bonds.